The summed E-state index contributed by atoms with van der Waals surface area (Å²) < 4.78 is 13.4. The Hall–Kier alpha value is -3.58. The van der Waals surface area contributed by atoms with Crippen molar-refractivity contribution in [3.63, 3.8) is 0 Å². The van der Waals surface area contributed by atoms with Gasteiger partial charge >= 0.3 is 0 Å². The fourth-order valence-electron chi connectivity index (χ4n) is 4.52. The highest BCUT2D eigenvalue weighted by atomic mass is 16.5. The second kappa shape index (κ2) is 8.75. The molecule has 1 atom stereocenters. The molecule has 1 unspecified atom stereocenters. The van der Waals surface area contributed by atoms with E-state index < -0.39 is 0 Å². The second-order valence-electron chi connectivity index (χ2n) is 8.47. The highest BCUT2D eigenvalue weighted by Gasteiger charge is 2.26. The number of aromatic nitrogens is 3. The summed E-state index contributed by atoms with van der Waals surface area (Å²) in [6, 6.07) is 15.1. The van der Waals surface area contributed by atoms with Crippen molar-refractivity contribution in [3.05, 3.63) is 65.4 Å². The van der Waals surface area contributed by atoms with Crippen LogP contribution >= 0.6 is 0 Å². The maximum atomic E-state index is 13.3. The third kappa shape index (κ3) is 4.00. The summed E-state index contributed by atoms with van der Waals surface area (Å²) in [5.41, 5.74) is 5.45. The van der Waals surface area contributed by atoms with Crippen LogP contribution in [0.3, 0.4) is 0 Å². The first-order valence-electron chi connectivity index (χ1n) is 11.3. The number of carbonyl (C=O) groups excluding carboxylic acids is 1. The fraction of sp³-hybridized carbons (Fsp3) is 0.308. The molecular formula is C26H28N4O3. The van der Waals surface area contributed by atoms with Crippen LogP contribution in [0.5, 0.6) is 5.75 Å². The molecule has 0 saturated carbocycles. The fourth-order valence-corrected chi connectivity index (χ4v) is 4.52. The van der Waals surface area contributed by atoms with Gasteiger partial charge in [-0.15, -0.1) is 0 Å². The molecular weight excluding hydrogens is 416 g/mol. The number of fused-ring (bicyclic) bond motifs is 1. The zero-order valence-corrected chi connectivity index (χ0v) is 19.1. The van der Waals surface area contributed by atoms with Crippen LogP contribution in [0.2, 0.25) is 0 Å². The van der Waals surface area contributed by atoms with Crippen LogP contribution in [-0.4, -0.2) is 40.3 Å². The van der Waals surface area contributed by atoms with E-state index >= 15 is 0 Å². The molecule has 0 spiro atoms. The third-order valence-corrected chi connectivity index (χ3v) is 6.43. The van der Waals surface area contributed by atoms with Crippen LogP contribution in [0, 0.1) is 13.8 Å². The van der Waals surface area contributed by atoms with Crippen LogP contribution in [0.25, 0.3) is 22.4 Å². The summed E-state index contributed by atoms with van der Waals surface area (Å²) in [7, 11) is 1.59. The van der Waals surface area contributed by atoms with Gasteiger partial charge in [-0.05, 0) is 62.6 Å². The minimum absolute atomic E-state index is 0.131. The van der Waals surface area contributed by atoms with E-state index in [1.54, 1.807) is 19.2 Å². The second-order valence-corrected chi connectivity index (χ2v) is 8.47. The average molecular weight is 445 g/mol. The standard InChI is InChI=1S/C26H28N4O3/c1-16-17(2)30(15-20-10-7-13-33-20)25(29-26(31)18-8-6-9-19(14-18)32-3)23(16)24-27-21-11-4-5-12-22(21)28-24/h4-6,8-9,11-12,14,20H,7,10,13,15H2,1-3H3,(H,27,28)(H,29,31). The Morgan fingerprint density at radius 3 is 2.85 bits per heavy atom. The van der Waals surface area contributed by atoms with Gasteiger partial charge in [0, 0.05) is 17.9 Å². The number of imidazole rings is 1. The van der Waals surface area contributed by atoms with E-state index in [0.29, 0.717) is 17.9 Å². The Morgan fingerprint density at radius 1 is 1.24 bits per heavy atom. The quantitative estimate of drug-likeness (QED) is 0.434. The molecule has 7 heteroatoms. The van der Waals surface area contributed by atoms with Gasteiger partial charge in [0.25, 0.3) is 5.91 Å². The van der Waals surface area contributed by atoms with Crippen molar-refractivity contribution in [2.24, 2.45) is 0 Å². The smallest absolute Gasteiger partial charge is 0.256 e. The molecule has 2 aromatic carbocycles. The molecule has 0 aliphatic carbocycles. The molecule has 0 bridgehead atoms. The number of anilines is 1. The van der Waals surface area contributed by atoms with Gasteiger partial charge in [0.2, 0.25) is 0 Å². The molecule has 5 rings (SSSR count). The predicted octanol–water partition coefficient (Wildman–Crippen LogP) is 5.09. The summed E-state index contributed by atoms with van der Waals surface area (Å²) >= 11 is 0. The number of para-hydroxylation sites is 2. The Labute approximate surface area is 192 Å². The van der Waals surface area contributed by atoms with Crippen molar-refractivity contribution in [2.75, 3.05) is 19.0 Å². The maximum absolute atomic E-state index is 13.3. The van der Waals surface area contributed by atoms with Crippen LogP contribution in [0.15, 0.2) is 48.5 Å². The lowest BCUT2D eigenvalue weighted by molar-refractivity contribution is 0.0962. The lowest BCUT2D eigenvalue weighted by atomic mass is 10.1. The van der Waals surface area contributed by atoms with Crippen molar-refractivity contribution in [2.45, 2.75) is 39.3 Å². The highest BCUT2D eigenvalue weighted by molar-refractivity contribution is 6.06. The largest absolute Gasteiger partial charge is 0.497 e. The number of benzene rings is 2. The van der Waals surface area contributed by atoms with E-state index in [1.807, 2.05) is 36.4 Å². The van der Waals surface area contributed by atoms with Crippen molar-refractivity contribution in [1.82, 2.24) is 14.5 Å². The molecule has 7 nitrogen and oxygen atoms in total. The molecule has 1 aliphatic rings. The van der Waals surface area contributed by atoms with Gasteiger partial charge in [-0.25, -0.2) is 4.98 Å². The van der Waals surface area contributed by atoms with E-state index in [9.17, 15) is 4.79 Å². The number of aromatic amines is 1. The lowest BCUT2D eigenvalue weighted by Crippen LogP contribution is -2.21. The van der Waals surface area contributed by atoms with Crippen LogP contribution in [0.4, 0.5) is 5.82 Å². The monoisotopic (exact) mass is 444 g/mol. The third-order valence-electron chi connectivity index (χ3n) is 6.43. The summed E-state index contributed by atoms with van der Waals surface area (Å²) in [6.07, 6.45) is 2.21. The Kier molecular flexibility index (Phi) is 5.64. The average Bonchev–Trinajstić information content (AvgIpc) is 3.55. The molecule has 1 saturated heterocycles. The number of ether oxygens (including phenoxy) is 2. The van der Waals surface area contributed by atoms with E-state index in [0.717, 1.165) is 58.9 Å². The van der Waals surface area contributed by atoms with Crippen molar-refractivity contribution >= 4 is 22.8 Å². The van der Waals surface area contributed by atoms with Crippen LogP contribution in [-0.2, 0) is 11.3 Å². The Morgan fingerprint density at radius 2 is 2.09 bits per heavy atom. The molecule has 1 fully saturated rings. The number of amides is 1. The molecule has 4 aromatic rings. The number of nitrogens with one attached hydrogen (secondary N) is 2. The number of nitrogens with zero attached hydrogens (tertiary/aromatic N) is 2. The van der Waals surface area contributed by atoms with Crippen LogP contribution in [0.1, 0.15) is 34.5 Å². The minimum atomic E-state index is -0.197. The number of hydrogen-bond acceptors (Lipinski definition) is 4. The van der Waals surface area contributed by atoms with Crippen molar-refractivity contribution in [3.8, 4) is 17.1 Å². The van der Waals surface area contributed by atoms with Gasteiger partial charge in [0.05, 0.1) is 36.4 Å². The van der Waals surface area contributed by atoms with Crippen LogP contribution < -0.4 is 10.1 Å². The highest BCUT2D eigenvalue weighted by Crippen LogP contribution is 2.37. The van der Waals surface area contributed by atoms with Crippen molar-refractivity contribution in [1.29, 1.82) is 0 Å². The SMILES string of the molecule is COc1cccc(C(=O)Nc2c(-c3nc4ccccc4[nH]3)c(C)c(C)n2CC2CCCO2)c1. The summed E-state index contributed by atoms with van der Waals surface area (Å²) in [5, 5.41) is 3.18. The molecule has 1 amide bonds. The first-order valence-corrected chi connectivity index (χ1v) is 11.3. The van der Waals surface area contributed by atoms with Crippen molar-refractivity contribution < 1.29 is 14.3 Å². The molecule has 3 heterocycles. The molecule has 2 aromatic heterocycles. The summed E-state index contributed by atoms with van der Waals surface area (Å²) in [6.45, 7) is 5.62. The summed E-state index contributed by atoms with van der Waals surface area (Å²) in [4.78, 5) is 21.6. The van der Waals surface area contributed by atoms with E-state index in [4.69, 9.17) is 14.5 Å². The topological polar surface area (TPSA) is 81.2 Å². The van der Waals surface area contributed by atoms with Gasteiger partial charge < -0.3 is 24.3 Å². The van der Waals surface area contributed by atoms with E-state index in [-0.39, 0.29) is 12.0 Å². The zero-order chi connectivity index (χ0) is 22.9. The predicted molar refractivity (Wildman–Crippen MR) is 129 cm³/mol. The first-order chi connectivity index (χ1) is 16.0. The number of hydrogen-bond donors (Lipinski definition) is 2. The Balaban J connectivity index is 1.60. The van der Waals surface area contributed by atoms with Gasteiger partial charge in [-0.1, -0.05) is 18.2 Å². The number of H-pyrrole nitrogens is 1. The van der Waals surface area contributed by atoms with E-state index in [1.165, 1.54) is 0 Å². The molecule has 1 aliphatic heterocycles. The minimum Gasteiger partial charge on any atom is -0.497 e. The lowest BCUT2D eigenvalue weighted by Gasteiger charge is -2.17. The van der Waals surface area contributed by atoms with Gasteiger partial charge in [0.15, 0.2) is 0 Å². The van der Waals surface area contributed by atoms with Gasteiger partial charge in [-0.3, -0.25) is 4.79 Å². The Bertz CT molecular complexity index is 1280. The van der Waals surface area contributed by atoms with Gasteiger partial charge in [0.1, 0.15) is 17.4 Å². The number of rotatable bonds is 6. The maximum Gasteiger partial charge on any atom is 0.256 e. The normalized spacial score (nSPS) is 15.8. The number of carbonyl (C=O) groups is 1. The van der Waals surface area contributed by atoms with E-state index in [2.05, 4.69) is 28.7 Å². The zero-order valence-electron chi connectivity index (χ0n) is 19.1. The molecule has 2 N–H and O–H groups in total. The molecule has 0 radical (unpaired) electrons. The first kappa shape index (κ1) is 21.3. The number of methoxy groups -OCH3 is 1. The summed E-state index contributed by atoms with van der Waals surface area (Å²) in [5.74, 6) is 1.91. The van der Waals surface area contributed by atoms with Gasteiger partial charge in [-0.2, -0.15) is 0 Å². The molecule has 170 valence electrons. The molecule has 33 heavy (non-hydrogen) atoms.